The van der Waals surface area contributed by atoms with Crippen molar-refractivity contribution in [2.45, 2.75) is 52.6 Å². The van der Waals surface area contributed by atoms with Crippen molar-refractivity contribution in [3.63, 3.8) is 0 Å². The Bertz CT molecular complexity index is 1130. The molecule has 5 nitrogen and oxygen atoms in total. The van der Waals surface area contributed by atoms with E-state index in [9.17, 15) is 9.59 Å². The van der Waals surface area contributed by atoms with E-state index in [1.54, 1.807) is 4.90 Å². The van der Waals surface area contributed by atoms with Gasteiger partial charge in [-0.3, -0.25) is 14.5 Å². The number of benzene rings is 2. The summed E-state index contributed by atoms with van der Waals surface area (Å²) in [5.41, 5.74) is 2.47. The molecule has 1 N–H and O–H groups in total. The molecule has 2 amide bonds. The van der Waals surface area contributed by atoms with E-state index in [1.165, 1.54) is 0 Å². The highest BCUT2D eigenvalue weighted by atomic mass is 16.2. The number of fused-ring (bicyclic) bond motifs is 3. The van der Waals surface area contributed by atoms with Gasteiger partial charge in [-0.25, -0.2) is 0 Å². The molecule has 4 rings (SSSR count). The first-order valence-corrected chi connectivity index (χ1v) is 11.1. The standard InChI is InChI=1S/C26H31N3O2/c1-5-19-9-8-11-21(15-19)29-24(30)23-16-20-10-6-7-12-22(20)28(23)17-26(29,4)25(31)27-14-13-18(2)3/h6-12,15-16,18H,5,13-14,17H2,1-4H3,(H,27,31)/t26-/m1/s1. The highest BCUT2D eigenvalue weighted by Gasteiger charge is 2.48. The molecule has 2 aromatic carbocycles. The summed E-state index contributed by atoms with van der Waals surface area (Å²) >= 11 is 0. The third kappa shape index (κ3) is 3.73. The zero-order valence-corrected chi connectivity index (χ0v) is 18.8. The zero-order valence-electron chi connectivity index (χ0n) is 18.8. The van der Waals surface area contributed by atoms with Crippen LogP contribution in [0.5, 0.6) is 0 Å². The predicted octanol–water partition coefficient (Wildman–Crippen LogP) is 4.79. The number of nitrogens with one attached hydrogen (secondary N) is 1. The highest BCUT2D eigenvalue weighted by molar-refractivity contribution is 6.14. The molecule has 0 bridgehead atoms. The Balaban J connectivity index is 1.82. The summed E-state index contributed by atoms with van der Waals surface area (Å²) in [6, 6.07) is 17.9. The Morgan fingerprint density at radius 1 is 1.13 bits per heavy atom. The largest absolute Gasteiger partial charge is 0.354 e. The van der Waals surface area contributed by atoms with E-state index in [1.807, 2.05) is 60.0 Å². The van der Waals surface area contributed by atoms with Gasteiger partial charge in [0.15, 0.2) is 0 Å². The molecule has 0 fully saturated rings. The van der Waals surface area contributed by atoms with Gasteiger partial charge >= 0.3 is 0 Å². The fourth-order valence-electron chi connectivity index (χ4n) is 4.43. The summed E-state index contributed by atoms with van der Waals surface area (Å²) in [4.78, 5) is 29.0. The minimum absolute atomic E-state index is 0.119. The van der Waals surface area contributed by atoms with Crippen LogP contribution in [0.1, 0.15) is 50.2 Å². The lowest BCUT2D eigenvalue weighted by atomic mass is 9.93. The van der Waals surface area contributed by atoms with Gasteiger partial charge in [-0.15, -0.1) is 0 Å². The van der Waals surface area contributed by atoms with Gasteiger partial charge in [0.25, 0.3) is 5.91 Å². The molecule has 0 unspecified atom stereocenters. The molecule has 3 aromatic rings. The number of carbonyl (C=O) groups excluding carboxylic acids is 2. The quantitative estimate of drug-likeness (QED) is 0.627. The molecule has 162 valence electrons. The number of aryl methyl sites for hydroxylation is 1. The SMILES string of the molecule is CCc1cccc(N2C(=O)c3cc4ccccc4n3C[C@]2(C)C(=O)NCCC(C)C)c1. The van der Waals surface area contributed by atoms with Gasteiger partial charge in [-0.1, -0.05) is 51.1 Å². The smallest absolute Gasteiger partial charge is 0.275 e. The van der Waals surface area contributed by atoms with Gasteiger partial charge < -0.3 is 9.88 Å². The molecular formula is C26H31N3O2. The second-order valence-corrected chi connectivity index (χ2v) is 9.05. The number of amides is 2. The molecule has 0 saturated heterocycles. The van der Waals surface area contributed by atoms with Gasteiger partial charge in [0.1, 0.15) is 11.2 Å². The number of hydrogen-bond acceptors (Lipinski definition) is 2. The number of rotatable bonds is 6. The van der Waals surface area contributed by atoms with Crippen LogP contribution in [0, 0.1) is 5.92 Å². The summed E-state index contributed by atoms with van der Waals surface area (Å²) < 4.78 is 2.00. The van der Waals surface area contributed by atoms with Gasteiger partial charge in [-0.05, 0) is 55.5 Å². The third-order valence-electron chi connectivity index (χ3n) is 6.27. The zero-order chi connectivity index (χ0) is 22.2. The average Bonchev–Trinajstić information content (AvgIpc) is 3.12. The van der Waals surface area contributed by atoms with E-state index in [-0.39, 0.29) is 11.8 Å². The number of nitrogens with zero attached hydrogens (tertiary/aromatic N) is 2. The molecule has 5 heteroatoms. The summed E-state index contributed by atoms with van der Waals surface area (Å²) in [6.07, 6.45) is 1.77. The van der Waals surface area contributed by atoms with Gasteiger partial charge in [0, 0.05) is 23.1 Å². The van der Waals surface area contributed by atoms with Crippen LogP contribution in [-0.4, -0.2) is 28.5 Å². The fourth-order valence-corrected chi connectivity index (χ4v) is 4.43. The van der Waals surface area contributed by atoms with Crippen LogP contribution in [0.25, 0.3) is 10.9 Å². The third-order valence-corrected chi connectivity index (χ3v) is 6.27. The van der Waals surface area contributed by atoms with Crippen molar-refractivity contribution in [1.29, 1.82) is 0 Å². The monoisotopic (exact) mass is 417 g/mol. The van der Waals surface area contributed by atoms with Crippen LogP contribution in [0.15, 0.2) is 54.6 Å². The minimum atomic E-state index is -1.03. The molecule has 0 spiro atoms. The van der Waals surface area contributed by atoms with Crippen LogP contribution in [0.4, 0.5) is 5.69 Å². The van der Waals surface area contributed by atoms with Crippen molar-refractivity contribution in [2.75, 3.05) is 11.4 Å². The molecule has 0 radical (unpaired) electrons. The van der Waals surface area contributed by atoms with Crippen LogP contribution in [0.3, 0.4) is 0 Å². The Labute approximate surface area is 184 Å². The first-order chi connectivity index (χ1) is 14.8. The first kappa shape index (κ1) is 21.2. The molecule has 0 aliphatic carbocycles. The lowest BCUT2D eigenvalue weighted by Gasteiger charge is -2.44. The predicted molar refractivity (Wildman–Crippen MR) is 125 cm³/mol. The van der Waals surface area contributed by atoms with Gasteiger partial charge in [-0.2, -0.15) is 0 Å². The van der Waals surface area contributed by atoms with Gasteiger partial charge in [0.05, 0.1) is 6.54 Å². The number of anilines is 1. The van der Waals surface area contributed by atoms with Crippen LogP contribution in [0.2, 0.25) is 0 Å². The first-order valence-electron chi connectivity index (χ1n) is 11.1. The molecule has 1 aliphatic rings. The Hall–Kier alpha value is -3.08. The Morgan fingerprint density at radius 2 is 1.90 bits per heavy atom. The maximum atomic E-state index is 13.8. The fraction of sp³-hybridized carbons (Fsp3) is 0.385. The van der Waals surface area contributed by atoms with Crippen LogP contribution in [-0.2, 0) is 17.8 Å². The molecule has 31 heavy (non-hydrogen) atoms. The van der Waals surface area contributed by atoms with E-state index < -0.39 is 5.54 Å². The summed E-state index contributed by atoms with van der Waals surface area (Å²) in [7, 11) is 0. The van der Waals surface area contributed by atoms with Crippen molar-refractivity contribution in [2.24, 2.45) is 5.92 Å². The molecule has 1 atom stereocenters. The minimum Gasteiger partial charge on any atom is -0.354 e. The molecule has 0 saturated carbocycles. The Kier molecular flexibility index (Phi) is 5.61. The topological polar surface area (TPSA) is 54.3 Å². The maximum absolute atomic E-state index is 13.8. The Morgan fingerprint density at radius 3 is 2.65 bits per heavy atom. The van der Waals surface area contributed by atoms with Crippen molar-refractivity contribution >= 4 is 28.4 Å². The van der Waals surface area contributed by atoms with Crippen molar-refractivity contribution in [3.8, 4) is 0 Å². The molecular weight excluding hydrogens is 386 g/mol. The average molecular weight is 418 g/mol. The lowest BCUT2D eigenvalue weighted by Crippen LogP contribution is -2.64. The van der Waals surface area contributed by atoms with E-state index in [4.69, 9.17) is 0 Å². The summed E-state index contributed by atoms with van der Waals surface area (Å²) in [5, 5.41) is 4.11. The summed E-state index contributed by atoms with van der Waals surface area (Å²) in [6.45, 7) is 9.25. The number of aromatic nitrogens is 1. The van der Waals surface area contributed by atoms with Crippen molar-refractivity contribution in [3.05, 3.63) is 65.9 Å². The van der Waals surface area contributed by atoms with E-state index in [0.29, 0.717) is 24.7 Å². The van der Waals surface area contributed by atoms with Crippen molar-refractivity contribution in [1.82, 2.24) is 9.88 Å². The second-order valence-electron chi connectivity index (χ2n) is 9.05. The molecule has 2 heterocycles. The van der Waals surface area contributed by atoms with Crippen LogP contribution >= 0.6 is 0 Å². The second kappa shape index (κ2) is 8.22. The van der Waals surface area contributed by atoms with Crippen molar-refractivity contribution < 1.29 is 9.59 Å². The van der Waals surface area contributed by atoms with Gasteiger partial charge in [0.2, 0.25) is 5.91 Å². The lowest BCUT2D eigenvalue weighted by molar-refractivity contribution is -0.126. The number of para-hydroxylation sites is 1. The molecule has 1 aliphatic heterocycles. The molecule has 1 aromatic heterocycles. The van der Waals surface area contributed by atoms with E-state index >= 15 is 0 Å². The normalized spacial score (nSPS) is 18.5. The maximum Gasteiger partial charge on any atom is 0.275 e. The summed E-state index contributed by atoms with van der Waals surface area (Å²) in [5.74, 6) is 0.238. The number of carbonyl (C=O) groups is 2. The highest BCUT2D eigenvalue weighted by Crippen LogP contribution is 2.36. The van der Waals surface area contributed by atoms with Crippen LogP contribution < -0.4 is 10.2 Å². The number of hydrogen-bond donors (Lipinski definition) is 1. The van der Waals surface area contributed by atoms with E-state index in [2.05, 4.69) is 32.2 Å². The van der Waals surface area contributed by atoms with E-state index in [0.717, 1.165) is 35.0 Å².